The van der Waals surface area contributed by atoms with Gasteiger partial charge in [0, 0.05) is 82.0 Å². The van der Waals surface area contributed by atoms with Crippen molar-refractivity contribution in [2.45, 2.75) is 103 Å². The summed E-state index contributed by atoms with van der Waals surface area (Å²) in [5.41, 5.74) is 9.53. The van der Waals surface area contributed by atoms with E-state index in [4.69, 9.17) is 10.5 Å². The van der Waals surface area contributed by atoms with Gasteiger partial charge in [0.2, 0.25) is 11.9 Å². The normalized spacial score (nSPS) is 17.3. The molecule has 2 aliphatic rings. The summed E-state index contributed by atoms with van der Waals surface area (Å²) in [7, 11) is 0. The molecule has 0 bridgehead atoms. The van der Waals surface area contributed by atoms with Crippen LogP contribution >= 0.6 is 0 Å². The summed E-state index contributed by atoms with van der Waals surface area (Å²) in [6.45, 7) is 14.1. The average molecular weight is 1010 g/mol. The molecule has 4 aromatic rings. The Kier molecular flexibility index (Phi) is 24.8. The van der Waals surface area contributed by atoms with Gasteiger partial charge in [-0.05, 0) is 132 Å². The molecule has 21 heteroatoms. The van der Waals surface area contributed by atoms with Gasteiger partial charge in [0.15, 0.2) is 17.4 Å². The van der Waals surface area contributed by atoms with Gasteiger partial charge in [-0.2, -0.15) is 4.98 Å². The highest BCUT2D eigenvalue weighted by molar-refractivity contribution is 5.96. The number of aromatic amines is 1. The smallest absolute Gasteiger partial charge is 0.295 e. The second-order valence-electron chi connectivity index (χ2n) is 18.8. The van der Waals surface area contributed by atoms with Gasteiger partial charge in [-0.3, -0.25) is 38.8 Å². The van der Waals surface area contributed by atoms with Crippen LogP contribution in [0.3, 0.4) is 0 Å². The lowest BCUT2D eigenvalue weighted by Gasteiger charge is -2.26. The van der Waals surface area contributed by atoms with E-state index < -0.39 is 17.7 Å². The van der Waals surface area contributed by atoms with Crippen molar-refractivity contribution in [3.63, 3.8) is 0 Å². The van der Waals surface area contributed by atoms with Gasteiger partial charge in [-0.15, -0.1) is 0 Å². The fourth-order valence-electron chi connectivity index (χ4n) is 8.95. The standard InChI is InChI=1S/C52H79N15O6/c53-52-64-48-47(51(72)65-52)62-43(35-61-48)34-60-42-15-13-40(14-16-42)49(70)63-46(73-38-68)18-17-45(69)58-26-27-59-50(71)44-33-39(36-67-30-8-4-1-5-19-54-21-9-22-57-28-32-67)11-12-41(44)37-66-29-7-3-2-6-20-55-24-25-56-23-10-31-66/h11-16,33,35,38,46,54-57,60H,1-10,17-32,34,36-37H2,(H,58,69)(H,59,71)(H,63,70)(H3,53,61,64,65,72). The maximum atomic E-state index is 14.2. The molecule has 0 aliphatic carbocycles. The Bertz CT molecular complexity index is 2340. The number of ether oxygens (including phenoxy) is 1. The second kappa shape index (κ2) is 32.2. The maximum absolute atomic E-state index is 14.2. The first kappa shape index (κ1) is 56.2. The van der Waals surface area contributed by atoms with Crippen LogP contribution in [0.4, 0.5) is 11.6 Å². The largest absolute Gasteiger partial charge is 0.444 e. The van der Waals surface area contributed by atoms with Crippen LogP contribution in [0.2, 0.25) is 0 Å². The molecule has 11 N–H and O–H groups in total. The highest BCUT2D eigenvalue weighted by Gasteiger charge is 2.19. The number of benzene rings is 2. The molecule has 6 rings (SSSR count). The van der Waals surface area contributed by atoms with Crippen molar-refractivity contribution in [3.8, 4) is 0 Å². The van der Waals surface area contributed by atoms with Gasteiger partial charge in [-0.25, -0.2) is 9.97 Å². The number of nitrogens with zero attached hydrogens (tertiary/aromatic N) is 5. The van der Waals surface area contributed by atoms with Crippen LogP contribution in [0, 0.1) is 0 Å². The van der Waals surface area contributed by atoms with E-state index >= 15 is 0 Å². The summed E-state index contributed by atoms with van der Waals surface area (Å²) in [5.74, 6) is -1.04. The first-order valence-corrected chi connectivity index (χ1v) is 26.4. The summed E-state index contributed by atoms with van der Waals surface area (Å²) in [6.07, 6.45) is 12.0. The number of hydrogen-bond acceptors (Lipinski definition) is 17. The zero-order valence-corrected chi connectivity index (χ0v) is 42.5. The lowest BCUT2D eigenvalue weighted by atomic mass is 10.0. The third-order valence-corrected chi connectivity index (χ3v) is 13.0. The Morgan fingerprint density at radius 2 is 1.37 bits per heavy atom. The van der Waals surface area contributed by atoms with Crippen molar-refractivity contribution in [1.82, 2.24) is 67.0 Å². The fourth-order valence-corrected chi connectivity index (χ4v) is 8.95. The quantitative estimate of drug-likeness (QED) is 0.0389. The van der Waals surface area contributed by atoms with E-state index in [1.165, 1.54) is 44.7 Å². The molecule has 4 heterocycles. The van der Waals surface area contributed by atoms with Crippen LogP contribution in [0.1, 0.15) is 115 Å². The summed E-state index contributed by atoms with van der Waals surface area (Å²) in [5, 5.41) is 26.0. The van der Waals surface area contributed by atoms with Crippen molar-refractivity contribution < 1.29 is 23.9 Å². The molecule has 73 heavy (non-hydrogen) atoms. The number of hydrogen-bond donors (Lipinski definition) is 10. The number of nitrogen functional groups attached to an aromatic ring is 1. The van der Waals surface area contributed by atoms with E-state index in [-0.39, 0.29) is 67.9 Å². The molecule has 0 spiro atoms. The molecule has 2 fully saturated rings. The zero-order chi connectivity index (χ0) is 51.3. The monoisotopic (exact) mass is 1010 g/mol. The molecule has 0 radical (unpaired) electrons. The number of carbonyl (C=O) groups is 4. The molecule has 0 saturated carbocycles. The lowest BCUT2D eigenvalue weighted by Crippen LogP contribution is -2.39. The summed E-state index contributed by atoms with van der Waals surface area (Å²) < 4.78 is 5.13. The van der Waals surface area contributed by atoms with Gasteiger partial charge in [-0.1, -0.05) is 37.8 Å². The second-order valence-corrected chi connectivity index (χ2v) is 18.8. The van der Waals surface area contributed by atoms with Crippen LogP contribution < -0.4 is 53.8 Å². The number of fused-ring (bicyclic) bond motifs is 1. The molecule has 3 amide bonds. The first-order chi connectivity index (χ1) is 35.7. The Balaban J connectivity index is 1.00. The average Bonchev–Trinajstić information content (AvgIpc) is 3.39. The summed E-state index contributed by atoms with van der Waals surface area (Å²) >= 11 is 0. The molecule has 21 nitrogen and oxygen atoms in total. The van der Waals surface area contributed by atoms with E-state index in [1.807, 2.05) is 0 Å². The number of aromatic nitrogens is 4. The predicted molar refractivity (Wildman–Crippen MR) is 284 cm³/mol. The van der Waals surface area contributed by atoms with Crippen molar-refractivity contribution in [2.75, 3.05) is 103 Å². The van der Waals surface area contributed by atoms with E-state index in [2.05, 4.69) is 90.5 Å². The van der Waals surface area contributed by atoms with Crippen molar-refractivity contribution in [1.29, 1.82) is 0 Å². The predicted octanol–water partition coefficient (Wildman–Crippen LogP) is 2.35. The minimum absolute atomic E-state index is 0.0323. The highest BCUT2D eigenvalue weighted by atomic mass is 16.5. The minimum atomic E-state index is -1.05. The van der Waals surface area contributed by atoms with E-state index in [1.54, 1.807) is 24.3 Å². The Morgan fingerprint density at radius 3 is 2.12 bits per heavy atom. The number of nitrogens with two attached hydrogens (primary N) is 1. The number of amides is 3. The molecule has 2 saturated heterocycles. The third kappa shape index (κ3) is 20.7. The Hall–Kier alpha value is -6.10. The van der Waals surface area contributed by atoms with Crippen LogP contribution in [-0.4, -0.2) is 152 Å². The molecule has 398 valence electrons. The van der Waals surface area contributed by atoms with Gasteiger partial charge in [0.05, 0.1) is 18.4 Å². The van der Waals surface area contributed by atoms with E-state index in [0.717, 1.165) is 122 Å². The molecule has 1 atom stereocenters. The molecule has 2 aromatic heterocycles. The number of rotatable bonds is 18. The van der Waals surface area contributed by atoms with Gasteiger partial charge in [0.25, 0.3) is 23.8 Å². The summed E-state index contributed by atoms with van der Waals surface area (Å²) in [4.78, 5) is 83.8. The third-order valence-electron chi connectivity index (χ3n) is 13.0. The fraction of sp³-hybridized carbons (Fsp3) is 0.577. The zero-order valence-electron chi connectivity index (χ0n) is 42.5. The molecular weight excluding hydrogens is 931 g/mol. The number of nitrogens with one attached hydrogen (secondary N) is 9. The highest BCUT2D eigenvalue weighted by Crippen LogP contribution is 2.19. The SMILES string of the molecule is Nc1nc2ncc(CNc3ccc(C(=O)NC(CCC(=O)NCCNC(=O)c4cc(CN5CCCCCCNCCCNCC5)ccc4CN4CCCCCCNCCNCCC4)OC=O)cc3)nc2c(=O)[nH]1. The molecule has 2 aliphatic heterocycles. The van der Waals surface area contributed by atoms with Gasteiger partial charge < -0.3 is 53.0 Å². The van der Waals surface area contributed by atoms with E-state index in [9.17, 15) is 24.0 Å². The number of anilines is 2. The Morgan fingerprint density at radius 1 is 0.712 bits per heavy atom. The minimum Gasteiger partial charge on any atom is -0.444 e. The molecule has 1 unspecified atom stereocenters. The van der Waals surface area contributed by atoms with Crippen molar-refractivity contribution in [2.24, 2.45) is 0 Å². The maximum Gasteiger partial charge on any atom is 0.295 e. The van der Waals surface area contributed by atoms with Crippen LogP contribution in [0.15, 0.2) is 53.5 Å². The number of carbonyl (C=O) groups excluding carboxylic acids is 4. The van der Waals surface area contributed by atoms with E-state index in [0.29, 0.717) is 29.1 Å². The van der Waals surface area contributed by atoms with Gasteiger partial charge >= 0.3 is 0 Å². The molecular formula is C52H79N15O6. The van der Waals surface area contributed by atoms with Crippen molar-refractivity contribution in [3.05, 3.63) is 87.0 Å². The van der Waals surface area contributed by atoms with Crippen molar-refractivity contribution >= 4 is 47.0 Å². The topological polar surface area (TPSA) is 278 Å². The van der Waals surface area contributed by atoms with Crippen LogP contribution in [0.25, 0.3) is 11.2 Å². The van der Waals surface area contributed by atoms with Crippen LogP contribution in [0.5, 0.6) is 0 Å². The number of H-pyrrole nitrogens is 1. The van der Waals surface area contributed by atoms with Gasteiger partial charge in [0.1, 0.15) is 0 Å². The van der Waals surface area contributed by atoms with Crippen LogP contribution in [-0.2, 0) is 34.0 Å². The summed E-state index contributed by atoms with van der Waals surface area (Å²) in [6, 6.07) is 13.0. The first-order valence-electron chi connectivity index (χ1n) is 26.4. The molecule has 2 aromatic carbocycles. The lowest BCUT2D eigenvalue weighted by molar-refractivity contribution is -0.136. The Labute approximate surface area is 429 Å².